The zero-order valence-corrected chi connectivity index (χ0v) is 9.78. The summed E-state index contributed by atoms with van der Waals surface area (Å²) in [4.78, 5) is 6.79. The molecule has 0 aromatic carbocycles. The highest BCUT2D eigenvalue weighted by Gasteiger charge is 2.10. The second-order valence-corrected chi connectivity index (χ2v) is 4.03. The maximum Gasteiger partial charge on any atom is 0.0593 e. The average Bonchev–Trinajstić information content (AvgIpc) is 2.58. The van der Waals surface area contributed by atoms with Gasteiger partial charge < -0.3 is 10.1 Å². The van der Waals surface area contributed by atoms with Crippen molar-refractivity contribution in [1.82, 2.24) is 9.88 Å². The zero-order chi connectivity index (χ0) is 11.2. The third-order valence-corrected chi connectivity index (χ3v) is 2.81. The van der Waals surface area contributed by atoms with Crippen LogP contribution in [0, 0.1) is 0 Å². The molecule has 1 saturated heterocycles. The first-order valence-electron chi connectivity index (χ1n) is 5.81. The first-order chi connectivity index (χ1) is 7.88. The molecule has 0 unspecified atom stereocenters. The number of nitrogens with one attached hydrogen (secondary N) is 1. The van der Waals surface area contributed by atoms with E-state index in [1.807, 2.05) is 19.3 Å². The topological polar surface area (TPSA) is 37.4 Å². The van der Waals surface area contributed by atoms with Crippen LogP contribution in [-0.4, -0.2) is 43.2 Å². The van der Waals surface area contributed by atoms with Crippen LogP contribution in [0.5, 0.6) is 0 Å². The number of nitrogens with zero attached hydrogens (tertiary/aromatic N) is 2. The summed E-state index contributed by atoms with van der Waals surface area (Å²) in [6.07, 6.45) is 2.97. The third-order valence-electron chi connectivity index (χ3n) is 2.81. The molecule has 0 radical (unpaired) electrons. The van der Waals surface area contributed by atoms with Crippen molar-refractivity contribution in [3.05, 3.63) is 24.0 Å². The summed E-state index contributed by atoms with van der Waals surface area (Å²) in [6.45, 7) is 4.75. The van der Waals surface area contributed by atoms with Gasteiger partial charge in [-0.2, -0.15) is 0 Å². The van der Waals surface area contributed by atoms with Gasteiger partial charge in [-0.05, 0) is 18.6 Å². The van der Waals surface area contributed by atoms with Crippen LogP contribution in [0.3, 0.4) is 0 Å². The summed E-state index contributed by atoms with van der Waals surface area (Å²) in [5, 5.41) is 3.13. The first kappa shape index (κ1) is 11.4. The van der Waals surface area contributed by atoms with Crippen molar-refractivity contribution >= 4 is 5.69 Å². The molecule has 2 heterocycles. The lowest BCUT2D eigenvalue weighted by Gasteiger charge is -2.18. The minimum Gasteiger partial charge on any atom is -0.388 e. The molecule has 1 aromatic heterocycles. The molecule has 2 rings (SSSR count). The monoisotopic (exact) mass is 221 g/mol. The van der Waals surface area contributed by atoms with Gasteiger partial charge in [0, 0.05) is 45.2 Å². The Labute approximate surface area is 96.6 Å². The maximum absolute atomic E-state index is 5.43. The van der Waals surface area contributed by atoms with Crippen LogP contribution in [0.25, 0.3) is 0 Å². The summed E-state index contributed by atoms with van der Waals surface area (Å²) in [5.74, 6) is 0. The molecule has 1 aromatic rings. The van der Waals surface area contributed by atoms with E-state index >= 15 is 0 Å². The standard InChI is InChI=1S/C12H19N3O/c1-13-11-3-4-14-12(9-11)10-15-5-2-7-16-8-6-15/h3-4,9H,2,5-8,10H2,1H3,(H,13,14). The molecule has 4 heteroatoms. The third kappa shape index (κ3) is 3.18. The van der Waals surface area contributed by atoms with Gasteiger partial charge in [-0.25, -0.2) is 0 Å². The van der Waals surface area contributed by atoms with Gasteiger partial charge in [0.25, 0.3) is 0 Å². The Balaban J connectivity index is 1.96. The molecule has 4 nitrogen and oxygen atoms in total. The summed E-state index contributed by atoms with van der Waals surface area (Å²) in [7, 11) is 1.93. The van der Waals surface area contributed by atoms with Crippen molar-refractivity contribution in [2.75, 3.05) is 38.7 Å². The fraction of sp³-hybridized carbons (Fsp3) is 0.583. The van der Waals surface area contributed by atoms with E-state index in [1.165, 1.54) is 0 Å². The fourth-order valence-corrected chi connectivity index (χ4v) is 1.91. The highest BCUT2D eigenvalue weighted by Crippen LogP contribution is 2.10. The molecule has 88 valence electrons. The van der Waals surface area contributed by atoms with Gasteiger partial charge >= 0.3 is 0 Å². The lowest BCUT2D eigenvalue weighted by Crippen LogP contribution is -2.26. The van der Waals surface area contributed by atoms with Gasteiger partial charge in [0.15, 0.2) is 0 Å². The number of ether oxygens (including phenoxy) is 1. The summed E-state index contributed by atoms with van der Waals surface area (Å²) in [6, 6.07) is 4.08. The molecule has 0 aliphatic carbocycles. The van der Waals surface area contributed by atoms with Crippen molar-refractivity contribution in [3.63, 3.8) is 0 Å². The zero-order valence-electron chi connectivity index (χ0n) is 9.78. The Bertz CT molecular complexity index is 322. The second-order valence-electron chi connectivity index (χ2n) is 4.03. The molecule has 1 fully saturated rings. The lowest BCUT2D eigenvalue weighted by molar-refractivity contribution is 0.140. The van der Waals surface area contributed by atoms with E-state index in [-0.39, 0.29) is 0 Å². The van der Waals surface area contributed by atoms with Crippen molar-refractivity contribution in [2.45, 2.75) is 13.0 Å². The lowest BCUT2D eigenvalue weighted by atomic mass is 10.3. The molecular weight excluding hydrogens is 202 g/mol. The number of anilines is 1. The van der Waals surface area contributed by atoms with Gasteiger partial charge in [0.2, 0.25) is 0 Å². The van der Waals surface area contributed by atoms with Gasteiger partial charge in [-0.1, -0.05) is 0 Å². The molecule has 1 aliphatic rings. The SMILES string of the molecule is CNc1ccnc(CN2CCCOCC2)c1. The van der Waals surface area contributed by atoms with Crippen LogP contribution in [0.1, 0.15) is 12.1 Å². The van der Waals surface area contributed by atoms with Gasteiger partial charge in [-0.3, -0.25) is 9.88 Å². The summed E-state index contributed by atoms with van der Waals surface area (Å²) in [5.41, 5.74) is 2.24. The Hall–Kier alpha value is -1.13. The van der Waals surface area contributed by atoms with E-state index < -0.39 is 0 Å². The molecule has 0 saturated carbocycles. The number of pyridine rings is 1. The number of rotatable bonds is 3. The molecule has 0 atom stereocenters. The van der Waals surface area contributed by atoms with Gasteiger partial charge in [0.05, 0.1) is 12.3 Å². The van der Waals surface area contributed by atoms with Crippen LogP contribution in [0.4, 0.5) is 5.69 Å². The van der Waals surface area contributed by atoms with Crippen molar-refractivity contribution in [1.29, 1.82) is 0 Å². The summed E-state index contributed by atoms with van der Waals surface area (Å²) < 4.78 is 5.43. The maximum atomic E-state index is 5.43. The molecule has 0 spiro atoms. The predicted octanol–water partition coefficient (Wildman–Crippen LogP) is 1.35. The normalized spacial score (nSPS) is 18.1. The second kappa shape index (κ2) is 5.82. The Kier molecular flexibility index (Phi) is 4.13. The molecule has 1 N–H and O–H groups in total. The number of hydrogen-bond donors (Lipinski definition) is 1. The van der Waals surface area contributed by atoms with E-state index in [2.05, 4.69) is 21.3 Å². The molecule has 0 bridgehead atoms. The smallest absolute Gasteiger partial charge is 0.0593 e. The van der Waals surface area contributed by atoms with Crippen molar-refractivity contribution in [2.24, 2.45) is 0 Å². The van der Waals surface area contributed by atoms with Gasteiger partial charge in [0.1, 0.15) is 0 Å². The first-order valence-corrected chi connectivity index (χ1v) is 5.81. The van der Waals surface area contributed by atoms with E-state index in [9.17, 15) is 0 Å². The Morgan fingerprint density at radius 3 is 3.25 bits per heavy atom. The van der Waals surface area contributed by atoms with Crippen LogP contribution in [0.15, 0.2) is 18.3 Å². The van der Waals surface area contributed by atoms with Crippen LogP contribution < -0.4 is 5.32 Å². The van der Waals surface area contributed by atoms with Gasteiger partial charge in [-0.15, -0.1) is 0 Å². The van der Waals surface area contributed by atoms with Crippen LogP contribution >= 0.6 is 0 Å². The number of hydrogen-bond acceptors (Lipinski definition) is 4. The Morgan fingerprint density at radius 1 is 1.44 bits per heavy atom. The van der Waals surface area contributed by atoms with Crippen LogP contribution in [-0.2, 0) is 11.3 Å². The minimum absolute atomic E-state index is 0.839. The van der Waals surface area contributed by atoms with E-state index in [4.69, 9.17) is 4.74 Å². The number of aromatic nitrogens is 1. The summed E-state index contributed by atoms with van der Waals surface area (Å²) >= 11 is 0. The van der Waals surface area contributed by atoms with E-state index in [1.54, 1.807) is 0 Å². The van der Waals surface area contributed by atoms with Crippen LogP contribution in [0.2, 0.25) is 0 Å². The van der Waals surface area contributed by atoms with E-state index in [0.29, 0.717) is 0 Å². The quantitative estimate of drug-likeness (QED) is 0.836. The van der Waals surface area contributed by atoms with Crippen molar-refractivity contribution in [3.8, 4) is 0 Å². The largest absolute Gasteiger partial charge is 0.388 e. The highest BCUT2D eigenvalue weighted by molar-refractivity contribution is 5.42. The molecule has 0 amide bonds. The molecular formula is C12H19N3O. The predicted molar refractivity (Wildman–Crippen MR) is 64.5 cm³/mol. The van der Waals surface area contributed by atoms with Crippen molar-refractivity contribution < 1.29 is 4.74 Å². The highest BCUT2D eigenvalue weighted by atomic mass is 16.5. The average molecular weight is 221 g/mol. The minimum atomic E-state index is 0.839. The van der Waals surface area contributed by atoms with E-state index in [0.717, 1.165) is 50.7 Å². The molecule has 16 heavy (non-hydrogen) atoms. The fourth-order valence-electron chi connectivity index (χ4n) is 1.91. The Morgan fingerprint density at radius 2 is 2.38 bits per heavy atom. The molecule has 1 aliphatic heterocycles.